The first-order valence-electron chi connectivity index (χ1n) is 13.3. The van der Waals surface area contributed by atoms with E-state index in [-0.39, 0.29) is 23.8 Å². The molecule has 0 radical (unpaired) electrons. The molecule has 0 saturated carbocycles. The van der Waals surface area contributed by atoms with Crippen molar-refractivity contribution in [1.82, 2.24) is 4.57 Å². The van der Waals surface area contributed by atoms with E-state index in [0.717, 1.165) is 9.13 Å². The quantitative estimate of drug-likeness (QED) is 0.180. The predicted molar refractivity (Wildman–Crippen MR) is 169 cm³/mol. The Labute approximate surface area is 259 Å². The smallest absolute Gasteiger partial charge is 0.338 e. The number of benzene rings is 3. The van der Waals surface area contributed by atoms with Crippen LogP contribution >= 0.6 is 33.9 Å². The summed E-state index contributed by atoms with van der Waals surface area (Å²) >= 11 is 3.40. The van der Waals surface area contributed by atoms with Gasteiger partial charge in [0.1, 0.15) is 5.82 Å². The van der Waals surface area contributed by atoms with Crippen LogP contribution in [0.5, 0.6) is 11.5 Å². The number of hydrogen-bond donors (Lipinski definition) is 0. The molecule has 0 aliphatic carbocycles. The number of hydrogen-bond acceptors (Lipinski definition) is 7. The zero-order valence-electron chi connectivity index (χ0n) is 23.4. The van der Waals surface area contributed by atoms with Crippen LogP contribution in [0.4, 0.5) is 4.39 Å². The fourth-order valence-electron chi connectivity index (χ4n) is 4.73. The van der Waals surface area contributed by atoms with Crippen LogP contribution in [0.25, 0.3) is 11.8 Å². The third-order valence-electron chi connectivity index (χ3n) is 6.46. The minimum atomic E-state index is -0.880. The highest BCUT2D eigenvalue weighted by atomic mass is 127. The summed E-state index contributed by atoms with van der Waals surface area (Å²) in [5.41, 5.74) is 2.28. The third kappa shape index (κ3) is 5.91. The summed E-state index contributed by atoms with van der Waals surface area (Å²) in [5.74, 6) is 0.165. The number of esters is 1. The van der Waals surface area contributed by atoms with Gasteiger partial charge < -0.3 is 14.2 Å². The fraction of sp³-hybridized carbons (Fsp3) is 0.219. The molecule has 0 bridgehead atoms. The first-order chi connectivity index (χ1) is 20.2. The van der Waals surface area contributed by atoms with Crippen LogP contribution in [0.2, 0.25) is 0 Å². The number of halogens is 2. The Morgan fingerprint density at radius 1 is 1.14 bits per heavy atom. The van der Waals surface area contributed by atoms with Crippen LogP contribution in [0.3, 0.4) is 0 Å². The molecule has 1 aliphatic rings. The Morgan fingerprint density at radius 3 is 2.50 bits per heavy atom. The molecule has 3 aromatic carbocycles. The standard InChI is InChI=1S/C32H28FIN2O5S/c1-5-40-31(38)26-27(20-9-7-6-8-10-20)35-32-36(28(26)21-11-13-22(33)14-12-21)30(37)25(42-32)17-19-15-23(34)29(41-18(2)3)24(16-19)39-4/h6-18,28H,5H2,1-4H3/b25-17-/t28-/m0/s1. The lowest BCUT2D eigenvalue weighted by Gasteiger charge is -2.25. The summed E-state index contributed by atoms with van der Waals surface area (Å²) in [4.78, 5) is 32.8. The molecule has 2 heterocycles. The normalized spacial score (nSPS) is 14.9. The molecule has 5 rings (SSSR count). The number of nitrogens with zero attached hydrogens (tertiary/aromatic N) is 2. The van der Waals surface area contributed by atoms with Crippen LogP contribution < -0.4 is 24.4 Å². The molecule has 0 saturated heterocycles. The van der Waals surface area contributed by atoms with Gasteiger partial charge in [-0.3, -0.25) is 9.36 Å². The van der Waals surface area contributed by atoms with Gasteiger partial charge in [0, 0.05) is 5.56 Å². The zero-order valence-corrected chi connectivity index (χ0v) is 26.4. The van der Waals surface area contributed by atoms with E-state index in [0.29, 0.717) is 37.7 Å². The summed E-state index contributed by atoms with van der Waals surface area (Å²) in [5, 5.41) is 0. The lowest BCUT2D eigenvalue weighted by Crippen LogP contribution is -2.40. The second kappa shape index (κ2) is 12.6. The maximum Gasteiger partial charge on any atom is 0.338 e. The molecular weight excluding hydrogens is 670 g/mol. The van der Waals surface area contributed by atoms with Crippen molar-refractivity contribution in [3.05, 3.63) is 118 Å². The minimum Gasteiger partial charge on any atom is -0.493 e. The molecule has 0 unspecified atom stereocenters. The van der Waals surface area contributed by atoms with Gasteiger partial charge in [-0.1, -0.05) is 53.8 Å². The van der Waals surface area contributed by atoms with Gasteiger partial charge in [-0.2, -0.15) is 0 Å². The van der Waals surface area contributed by atoms with Gasteiger partial charge in [0.25, 0.3) is 5.56 Å². The molecule has 1 aromatic heterocycles. The minimum absolute atomic E-state index is 0.0409. The van der Waals surface area contributed by atoms with Gasteiger partial charge in [-0.25, -0.2) is 14.2 Å². The Hall–Kier alpha value is -3.77. The maximum atomic E-state index is 14.1. The van der Waals surface area contributed by atoms with E-state index in [9.17, 15) is 14.0 Å². The summed E-state index contributed by atoms with van der Waals surface area (Å²) in [7, 11) is 1.57. The fourth-order valence-corrected chi connectivity index (χ4v) is 6.48. The van der Waals surface area contributed by atoms with Crippen molar-refractivity contribution in [1.29, 1.82) is 0 Å². The second-order valence-corrected chi connectivity index (χ2v) is 11.9. The lowest BCUT2D eigenvalue weighted by atomic mass is 9.93. The molecule has 42 heavy (non-hydrogen) atoms. The van der Waals surface area contributed by atoms with E-state index >= 15 is 0 Å². The molecule has 0 fully saturated rings. The van der Waals surface area contributed by atoms with Gasteiger partial charge in [0.2, 0.25) is 0 Å². The lowest BCUT2D eigenvalue weighted by molar-refractivity contribution is -0.138. The number of ether oxygens (including phenoxy) is 3. The van der Waals surface area contributed by atoms with Crippen LogP contribution in [0.15, 0.2) is 82.1 Å². The molecule has 7 nitrogen and oxygen atoms in total. The highest BCUT2D eigenvalue weighted by molar-refractivity contribution is 14.1. The third-order valence-corrected chi connectivity index (χ3v) is 8.25. The Balaban J connectivity index is 1.77. The monoisotopic (exact) mass is 698 g/mol. The van der Waals surface area contributed by atoms with E-state index in [2.05, 4.69) is 22.6 Å². The molecule has 1 aliphatic heterocycles. The molecule has 216 valence electrons. The zero-order chi connectivity index (χ0) is 30.0. The molecule has 4 aromatic rings. The van der Waals surface area contributed by atoms with Crippen molar-refractivity contribution in [2.24, 2.45) is 4.99 Å². The summed E-state index contributed by atoms with van der Waals surface area (Å²) in [6.45, 7) is 5.74. The average molecular weight is 699 g/mol. The number of methoxy groups -OCH3 is 1. The topological polar surface area (TPSA) is 79.1 Å². The predicted octanol–water partition coefficient (Wildman–Crippen LogP) is 5.48. The Morgan fingerprint density at radius 2 is 1.86 bits per heavy atom. The van der Waals surface area contributed by atoms with E-state index in [4.69, 9.17) is 19.2 Å². The number of carbonyl (C=O) groups is 1. The van der Waals surface area contributed by atoms with Crippen LogP contribution in [0, 0.1) is 9.39 Å². The van der Waals surface area contributed by atoms with Gasteiger partial charge in [-0.15, -0.1) is 0 Å². The van der Waals surface area contributed by atoms with Gasteiger partial charge in [0.15, 0.2) is 16.3 Å². The van der Waals surface area contributed by atoms with Gasteiger partial charge in [-0.05, 0) is 84.8 Å². The number of aromatic nitrogens is 1. The van der Waals surface area contributed by atoms with Crippen molar-refractivity contribution >= 4 is 51.7 Å². The maximum absolute atomic E-state index is 14.1. The van der Waals surface area contributed by atoms with Crippen LogP contribution in [-0.2, 0) is 9.53 Å². The summed E-state index contributed by atoms with van der Waals surface area (Å²) < 4.78 is 33.7. The van der Waals surface area contributed by atoms with E-state index in [1.54, 1.807) is 32.2 Å². The highest BCUT2D eigenvalue weighted by Gasteiger charge is 2.35. The van der Waals surface area contributed by atoms with Crippen molar-refractivity contribution in [3.63, 3.8) is 0 Å². The van der Waals surface area contributed by atoms with E-state index in [1.807, 2.05) is 56.3 Å². The first-order valence-corrected chi connectivity index (χ1v) is 15.2. The van der Waals surface area contributed by atoms with Crippen molar-refractivity contribution < 1.29 is 23.4 Å². The molecule has 1 atom stereocenters. The summed E-state index contributed by atoms with van der Waals surface area (Å²) in [6, 6.07) is 17.9. The van der Waals surface area contributed by atoms with Crippen molar-refractivity contribution in [2.75, 3.05) is 13.7 Å². The van der Waals surface area contributed by atoms with Gasteiger partial charge >= 0.3 is 5.97 Å². The molecular formula is C32H28FIN2O5S. The Bertz CT molecular complexity index is 1850. The SMILES string of the molecule is CCOC(=O)C1=C(c2ccccc2)N=c2s/c(=C\c3cc(I)c(OC(C)C)c(OC)c3)c(=O)n2[C@H]1c1ccc(F)cc1. The van der Waals surface area contributed by atoms with Crippen molar-refractivity contribution in [3.8, 4) is 11.5 Å². The van der Waals surface area contributed by atoms with Crippen molar-refractivity contribution in [2.45, 2.75) is 32.9 Å². The van der Waals surface area contributed by atoms with Crippen LogP contribution in [0.1, 0.15) is 43.5 Å². The molecule has 0 amide bonds. The highest BCUT2D eigenvalue weighted by Crippen LogP contribution is 2.36. The molecule has 0 spiro atoms. The number of fused-ring (bicyclic) bond motifs is 1. The molecule has 0 N–H and O–H groups in total. The number of rotatable bonds is 8. The largest absolute Gasteiger partial charge is 0.493 e. The van der Waals surface area contributed by atoms with E-state index in [1.165, 1.54) is 28.0 Å². The number of thiazole rings is 1. The Kier molecular flexibility index (Phi) is 8.93. The van der Waals surface area contributed by atoms with Gasteiger partial charge in [0.05, 0.1) is 45.2 Å². The second-order valence-electron chi connectivity index (χ2n) is 9.68. The van der Waals surface area contributed by atoms with Crippen LogP contribution in [-0.4, -0.2) is 30.4 Å². The number of carbonyl (C=O) groups excluding carboxylic acids is 1. The molecule has 10 heteroatoms. The summed E-state index contributed by atoms with van der Waals surface area (Å²) in [6.07, 6.45) is 1.73. The average Bonchev–Trinajstić information content (AvgIpc) is 3.28. The first kappa shape index (κ1) is 29.7. The van der Waals surface area contributed by atoms with E-state index < -0.39 is 17.8 Å².